The third-order valence-electron chi connectivity index (χ3n) is 2.52. The molecule has 1 aromatic heterocycles. The van der Waals surface area contributed by atoms with Gasteiger partial charge in [0.25, 0.3) is 0 Å². The van der Waals surface area contributed by atoms with Crippen molar-refractivity contribution in [1.82, 2.24) is 4.98 Å². The molecule has 0 aromatic carbocycles. The zero-order valence-electron chi connectivity index (χ0n) is 10.6. The SMILES string of the molecule is CC(C)c1cnc(NC(=O)C(C)C(C)N)s1.Cl. The maximum Gasteiger partial charge on any atom is 0.230 e. The van der Waals surface area contributed by atoms with E-state index in [9.17, 15) is 4.79 Å². The molecule has 0 spiro atoms. The standard InChI is InChI=1S/C11H19N3OS.ClH/c1-6(2)9-5-13-11(16-9)14-10(15)7(3)8(4)12;/h5-8H,12H2,1-4H3,(H,13,14,15);1H. The Labute approximate surface area is 112 Å². The van der Waals surface area contributed by atoms with Gasteiger partial charge in [0.1, 0.15) is 0 Å². The Bertz CT molecular complexity index is 365. The Hall–Kier alpha value is -0.650. The molecule has 0 aliphatic heterocycles. The molecule has 0 saturated heterocycles. The Morgan fingerprint density at radius 2 is 2.00 bits per heavy atom. The first-order valence-electron chi connectivity index (χ1n) is 5.44. The van der Waals surface area contributed by atoms with E-state index >= 15 is 0 Å². The van der Waals surface area contributed by atoms with Crippen molar-refractivity contribution in [2.24, 2.45) is 11.7 Å². The molecule has 1 aromatic rings. The summed E-state index contributed by atoms with van der Waals surface area (Å²) < 4.78 is 0. The zero-order chi connectivity index (χ0) is 12.3. The highest BCUT2D eigenvalue weighted by atomic mass is 35.5. The van der Waals surface area contributed by atoms with Crippen LogP contribution in [-0.4, -0.2) is 16.9 Å². The molecule has 0 radical (unpaired) electrons. The number of aromatic nitrogens is 1. The number of thiazole rings is 1. The van der Waals surface area contributed by atoms with Gasteiger partial charge in [-0.15, -0.1) is 23.7 Å². The number of nitrogens with zero attached hydrogens (tertiary/aromatic N) is 1. The maximum absolute atomic E-state index is 11.7. The molecule has 4 nitrogen and oxygen atoms in total. The minimum Gasteiger partial charge on any atom is -0.327 e. The van der Waals surface area contributed by atoms with Crippen molar-refractivity contribution in [3.05, 3.63) is 11.1 Å². The summed E-state index contributed by atoms with van der Waals surface area (Å²) in [7, 11) is 0. The minimum atomic E-state index is -0.202. The summed E-state index contributed by atoms with van der Waals surface area (Å²) in [5.41, 5.74) is 5.67. The molecule has 0 saturated carbocycles. The molecule has 3 N–H and O–H groups in total. The van der Waals surface area contributed by atoms with Crippen LogP contribution >= 0.6 is 23.7 Å². The van der Waals surface area contributed by atoms with E-state index in [1.165, 1.54) is 16.2 Å². The van der Waals surface area contributed by atoms with E-state index in [2.05, 4.69) is 24.1 Å². The highest BCUT2D eigenvalue weighted by Gasteiger charge is 2.18. The number of carbonyl (C=O) groups excluding carboxylic acids is 1. The first-order chi connectivity index (χ1) is 7.41. The molecule has 0 bridgehead atoms. The maximum atomic E-state index is 11.7. The molecule has 1 heterocycles. The third kappa shape index (κ3) is 4.61. The van der Waals surface area contributed by atoms with Crippen LogP contribution in [0.15, 0.2) is 6.20 Å². The highest BCUT2D eigenvalue weighted by molar-refractivity contribution is 7.15. The smallest absolute Gasteiger partial charge is 0.230 e. The van der Waals surface area contributed by atoms with E-state index in [4.69, 9.17) is 5.73 Å². The normalized spacial score (nSPS) is 14.0. The Morgan fingerprint density at radius 1 is 1.41 bits per heavy atom. The number of anilines is 1. The van der Waals surface area contributed by atoms with E-state index < -0.39 is 0 Å². The molecule has 1 rings (SSSR count). The van der Waals surface area contributed by atoms with Gasteiger partial charge in [0.15, 0.2) is 5.13 Å². The van der Waals surface area contributed by atoms with Crippen molar-refractivity contribution in [3.63, 3.8) is 0 Å². The third-order valence-corrected chi connectivity index (χ3v) is 3.74. The van der Waals surface area contributed by atoms with Crippen LogP contribution in [0.5, 0.6) is 0 Å². The van der Waals surface area contributed by atoms with Gasteiger partial charge < -0.3 is 11.1 Å². The van der Waals surface area contributed by atoms with Crippen molar-refractivity contribution in [1.29, 1.82) is 0 Å². The molecule has 2 atom stereocenters. The van der Waals surface area contributed by atoms with Gasteiger partial charge in [0.05, 0.1) is 5.92 Å². The van der Waals surface area contributed by atoms with E-state index in [1.54, 1.807) is 0 Å². The molecule has 0 aliphatic rings. The topological polar surface area (TPSA) is 68.0 Å². The van der Waals surface area contributed by atoms with Crippen LogP contribution in [0.4, 0.5) is 5.13 Å². The molecular formula is C11H20ClN3OS. The molecule has 6 heteroatoms. The fraction of sp³-hybridized carbons (Fsp3) is 0.636. The fourth-order valence-electron chi connectivity index (χ4n) is 1.07. The van der Waals surface area contributed by atoms with Crippen LogP contribution in [0.2, 0.25) is 0 Å². The number of rotatable bonds is 4. The number of amides is 1. The van der Waals surface area contributed by atoms with Gasteiger partial charge in [-0.05, 0) is 12.8 Å². The van der Waals surface area contributed by atoms with E-state index in [1.807, 2.05) is 20.0 Å². The van der Waals surface area contributed by atoms with Crippen LogP contribution in [0.1, 0.15) is 38.5 Å². The number of hydrogen-bond acceptors (Lipinski definition) is 4. The second kappa shape index (κ2) is 6.93. The van der Waals surface area contributed by atoms with Crippen LogP contribution in [-0.2, 0) is 4.79 Å². The number of hydrogen-bond donors (Lipinski definition) is 2. The van der Waals surface area contributed by atoms with Gasteiger partial charge in [-0.3, -0.25) is 4.79 Å². The second-order valence-electron chi connectivity index (χ2n) is 4.36. The lowest BCUT2D eigenvalue weighted by molar-refractivity contribution is -0.119. The molecule has 1 amide bonds. The van der Waals surface area contributed by atoms with Crippen molar-refractivity contribution >= 4 is 34.8 Å². The van der Waals surface area contributed by atoms with Gasteiger partial charge in [-0.25, -0.2) is 4.98 Å². The van der Waals surface area contributed by atoms with Crippen molar-refractivity contribution in [2.75, 3.05) is 5.32 Å². The first-order valence-corrected chi connectivity index (χ1v) is 6.25. The number of nitrogens with two attached hydrogens (primary N) is 1. The lowest BCUT2D eigenvalue weighted by Gasteiger charge is -2.13. The largest absolute Gasteiger partial charge is 0.327 e. The lowest BCUT2D eigenvalue weighted by atomic mass is 10.0. The monoisotopic (exact) mass is 277 g/mol. The van der Waals surface area contributed by atoms with Gasteiger partial charge in [-0.2, -0.15) is 0 Å². The molecule has 2 unspecified atom stereocenters. The average molecular weight is 278 g/mol. The molecule has 98 valence electrons. The highest BCUT2D eigenvalue weighted by Crippen LogP contribution is 2.25. The summed E-state index contributed by atoms with van der Waals surface area (Å²) in [6.07, 6.45) is 1.81. The zero-order valence-corrected chi connectivity index (χ0v) is 12.2. The summed E-state index contributed by atoms with van der Waals surface area (Å²) in [5, 5.41) is 3.44. The molecule has 17 heavy (non-hydrogen) atoms. The molecule has 0 fully saturated rings. The van der Waals surface area contributed by atoms with E-state index in [0.29, 0.717) is 11.0 Å². The van der Waals surface area contributed by atoms with Gasteiger partial charge >= 0.3 is 0 Å². The predicted molar refractivity (Wildman–Crippen MR) is 74.9 cm³/mol. The van der Waals surface area contributed by atoms with Crippen molar-refractivity contribution < 1.29 is 4.79 Å². The summed E-state index contributed by atoms with van der Waals surface area (Å²) in [6.45, 7) is 7.84. The van der Waals surface area contributed by atoms with Crippen molar-refractivity contribution in [3.8, 4) is 0 Å². The van der Waals surface area contributed by atoms with Gasteiger partial charge in [0.2, 0.25) is 5.91 Å². The molecular weight excluding hydrogens is 258 g/mol. The number of halogens is 1. The Morgan fingerprint density at radius 3 is 2.41 bits per heavy atom. The van der Waals surface area contributed by atoms with Gasteiger partial charge in [-0.1, -0.05) is 20.8 Å². The number of carbonyl (C=O) groups is 1. The summed E-state index contributed by atoms with van der Waals surface area (Å²) in [4.78, 5) is 17.0. The lowest BCUT2D eigenvalue weighted by Crippen LogP contribution is -2.34. The van der Waals surface area contributed by atoms with Crippen LogP contribution in [0, 0.1) is 5.92 Å². The summed E-state index contributed by atoms with van der Waals surface area (Å²) >= 11 is 1.51. The Kier molecular flexibility index (Phi) is 6.67. The second-order valence-corrected chi connectivity index (χ2v) is 5.42. The van der Waals surface area contributed by atoms with Crippen LogP contribution in [0.3, 0.4) is 0 Å². The van der Waals surface area contributed by atoms with E-state index in [-0.39, 0.29) is 30.3 Å². The van der Waals surface area contributed by atoms with Crippen LogP contribution < -0.4 is 11.1 Å². The summed E-state index contributed by atoms with van der Waals surface area (Å²) in [5.74, 6) is 0.167. The molecule has 0 aliphatic carbocycles. The minimum absolute atomic E-state index is 0. The fourth-order valence-corrected chi connectivity index (χ4v) is 1.89. The Balaban J connectivity index is 0.00000256. The quantitative estimate of drug-likeness (QED) is 0.889. The van der Waals surface area contributed by atoms with E-state index in [0.717, 1.165) is 0 Å². The van der Waals surface area contributed by atoms with Gasteiger partial charge in [0, 0.05) is 17.1 Å². The summed E-state index contributed by atoms with van der Waals surface area (Å²) in [6, 6.07) is -0.149. The van der Waals surface area contributed by atoms with Crippen LogP contribution in [0.25, 0.3) is 0 Å². The first kappa shape index (κ1) is 16.4. The number of nitrogens with one attached hydrogen (secondary N) is 1. The average Bonchev–Trinajstić information content (AvgIpc) is 2.64. The predicted octanol–water partition coefficient (Wildman–Crippen LogP) is 2.61. The van der Waals surface area contributed by atoms with Crippen molar-refractivity contribution in [2.45, 2.75) is 39.7 Å².